The monoisotopic (exact) mass is 366 g/mol. The summed E-state index contributed by atoms with van der Waals surface area (Å²) in [5.74, 6) is 0.201. The smallest absolute Gasteiger partial charge is 0.280 e. The zero-order valence-corrected chi connectivity index (χ0v) is 14.3. The van der Waals surface area contributed by atoms with Crippen LogP contribution in [0.5, 0.6) is 11.5 Å². The summed E-state index contributed by atoms with van der Waals surface area (Å²) < 4.78 is 28.4. The van der Waals surface area contributed by atoms with E-state index in [1.165, 1.54) is 50.6 Å². The van der Waals surface area contributed by atoms with E-state index in [0.717, 1.165) is 0 Å². The molecule has 0 unspecified atom stereocenters. The first-order chi connectivity index (χ1) is 11.9. The van der Waals surface area contributed by atoms with Gasteiger partial charge in [-0.3, -0.25) is 10.1 Å². The van der Waals surface area contributed by atoms with Gasteiger partial charge < -0.3 is 19.5 Å². The Hall–Kier alpha value is -2.94. The number of methoxy groups -OCH3 is 2. The lowest BCUT2D eigenvalue weighted by Gasteiger charge is -2.12. The summed E-state index contributed by atoms with van der Waals surface area (Å²) in [5.41, 5.74) is 0.626. The third-order valence-electron chi connectivity index (χ3n) is 3.23. The molecule has 25 heavy (non-hydrogen) atoms. The molecular formula is C16H15FN2O5S. The van der Waals surface area contributed by atoms with E-state index in [0.29, 0.717) is 11.4 Å². The maximum atomic E-state index is 12.9. The summed E-state index contributed by atoms with van der Waals surface area (Å²) in [7, 11) is 2.81. The first-order valence-electron chi connectivity index (χ1n) is 7.03. The van der Waals surface area contributed by atoms with Gasteiger partial charge in [-0.05, 0) is 42.5 Å². The topological polar surface area (TPSA) is 82.9 Å². The predicted molar refractivity (Wildman–Crippen MR) is 93.6 cm³/mol. The average Bonchev–Trinajstić information content (AvgIpc) is 2.60. The van der Waals surface area contributed by atoms with Crippen molar-refractivity contribution < 1.29 is 23.5 Å². The van der Waals surface area contributed by atoms with Gasteiger partial charge in [0.15, 0.2) is 11.5 Å². The van der Waals surface area contributed by atoms with Gasteiger partial charge in [-0.25, -0.2) is 4.39 Å². The van der Waals surface area contributed by atoms with Gasteiger partial charge in [0.1, 0.15) is 12.4 Å². The first-order valence-corrected chi connectivity index (χ1v) is 7.44. The Morgan fingerprint density at radius 1 is 1.20 bits per heavy atom. The van der Waals surface area contributed by atoms with Crippen molar-refractivity contribution >= 4 is 28.8 Å². The molecule has 0 spiro atoms. The molecular weight excluding hydrogens is 351 g/mol. The molecule has 0 saturated heterocycles. The highest BCUT2D eigenvalue weighted by Gasteiger charge is 2.20. The van der Waals surface area contributed by atoms with Gasteiger partial charge in [0.2, 0.25) is 0 Å². The molecule has 0 saturated carbocycles. The van der Waals surface area contributed by atoms with Crippen LogP contribution in [0, 0.1) is 15.9 Å². The van der Waals surface area contributed by atoms with Crippen LogP contribution >= 0.6 is 12.2 Å². The molecule has 0 radical (unpaired) electrons. The number of nitrogens with one attached hydrogen (secondary N) is 1. The molecule has 0 aromatic heterocycles. The number of rotatable bonds is 6. The molecule has 0 aliphatic carbocycles. The number of nitro benzene ring substituents is 1. The van der Waals surface area contributed by atoms with Gasteiger partial charge in [-0.15, -0.1) is 0 Å². The van der Waals surface area contributed by atoms with E-state index in [1.807, 2.05) is 0 Å². The van der Waals surface area contributed by atoms with Crippen molar-refractivity contribution in [2.24, 2.45) is 0 Å². The number of nitro groups is 1. The number of hydrogen-bond donors (Lipinski definition) is 1. The summed E-state index contributed by atoms with van der Waals surface area (Å²) in [6, 6.07) is 8.23. The van der Waals surface area contributed by atoms with E-state index in [4.69, 9.17) is 26.4 Å². The Morgan fingerprint density at radius 2 is 1.80 bits per heavy atom. The standard InChI is InChI=1S/C16H15FN2O5S/c1-22-14-7-10(13(19(20)21)8-15(14)23-2)9-24-16(25)18-12-5-3-11(17)4-6-12/h3-8H,9H2,1-2H3,(H,18,25). The number of nitrogens with zero attached hydrogens (tertiary/aromatic N) is 1. The largest absolute Gasteiger partial charge is 0.493 e. The van der Waals surface area contributed by atoms with Gasteiger partial charge >= 0.3 is 0 Å². The van der Waals surface area contributed by atoms with Crippen molar-refractivity contribution in [3.05, 3.63) is 57.9 Å². The Morgan fingerprint density at radius 3 is 2.36 bits per heavy atom. The molecule has 2 aromatic rings. The molecule has 0 amide bonds. The summed E-state index contributed by atoms with van der Waals surface area (Å²) in [6.45, 7) is -0.149. The van der Waals surface area contributed by atoms with Crippen LogP contribution in [0.3, 0.4) is 0 Å². The fourth-order valence-electron chi connectivity index (χ4n) is 2.03. The fourth-order valence-corrected chi connectivity index (χ4v) is 2.20. The van der Waals surface area contributed by atoms with E-state index in [-0.39, 0.29) is 34.6 Å². The molecule has 0 aliphatic rings. The molecule has 2 aromatic carbocycles. The summed E-state index contributed by atoms with van der Waals surface area (Å²) in [6.07, 6.45) is 0. The van der Waals surface area contributed by atoms with Gasteiger partial charge in [-0.1, -0.05) is 0 Å². The van der Waals surface area contributed by atoms with Crippen molar-refractivity contribution in [3.63, 3.8) is 0 Å². The second-order valence-electron chi connectivity index (χ2n) is 4.80. The second kappa shape index (κ2) is 8.25. The number of benzene rings is 2. The maximum Gasteiger partial charge on any atom is 0.280 e. The van der Waals surface area contributed by atoms with Crippen molar-refractivity contribution in [1.29, 1.82) is 0 Å². The molecule has 0 atom stereocenters. The minimum absolute atomic E-state index is 0.00399. The van der Waals surface area contributed by atoms with Gasteiger partial charge in [0, 0.05) is 5.69 Å². The van der Waals surface area contributed by atoms with Crippen LogP contribution < -0.4 is 14.8 Å². The maximum absolute atomic E-state index is 12.9. The Labute approximate surface area is 148 Å². The van der Waals surface area contributed by atoms with Crippen molar-refractivity contribution in [3.8, 4) is 11.5 Å². The molecule has 0 fully saturated rings. The van der Waals surface area contributed by atoms with E-state index >= 15 is 0 Å². The van der Waals surface area contributed by atoms with Gasteiger partial charge in [0.25, 0.3) is 10.9 Å². The number of anilines is 1. The quantitative estimate of drug-likeness (QED) is 0.474. The van der Waals surface area contributed by atoms with Crippen LogP contribution in [-0.4, -0.2) is 24.3 Å². The first kappa shape index (κ1) is 18.4. The number of halogens is 1. The molecule has 0 heterocycles. The predicted octanol–water partition coefficient (Wildman–Crippen LogP) is 3.66. The Kier molecular flexibility index (Phi) is 6.07. The van der Waals surface area contributed by atoms with Crippen molar-refractivity contribution in [2.75, 3.05) is 19.5 Å². The van der Waals surface area contributed by atoms with Crippen LogP contribution in [0.2, 0.25) is 0 Å². The molecule has 2 rings (SSSR count). The van der Waals surface area contributed by atoms with Gasteiger partial charge in [0.05, 0.1) is 30.8 Å². The molecule has 0 bridgehead atoms. The third-order valence-corrected chi connectivity index (χ3v) is 3.45. The lowest BCUT2D eigenvalue weighted by Crippen LogP contribution is -2.13. The van der Waals surface area contributed by atoms with Crippen molar-refractivity contribution in [1.82, 2.24) is 0 Å². The van der Waals surface area contributed by atoms with Crippen LogP contribution in [0.15, 0.2) is 36.4 Å². The summed E-state index contributed by atoms with van der Waals surface area (Å²) >= 11 is 5.03. The summed E-state index contributed by atoms with van der Waals surface area (Å²) in [5, 5.41) is 14.0. The van der Waals surface area contributed by atoms with E-state index in [9.17, 15) is 14.5 Å². The highest BCUT2D eigenvalue weighted by Crippen LogP contribution is 2.34. The van der Waals surface area contributed by atoms with Crippen LogP contribution in [0.4, 0.5) is 15.8 Å². The third kappa shape index (κ3) is 4.77. The second-order valence-corrected chi connectivity index (χ2v) is 5.17. The lowest BCUT2D eigenvalue weighted by atomic mass is 10.1. The van der Waals surface area contributed by atoms with Crippen LogP contribution in [0.25, 0.3) is 0 Å². The normalized spacial score (nSPS) is 10.0. The Balaban J connectivity index is 2.11. The molecule has 9 heteroatoms. The highest BCUT2D eigenvalue weighted by atomic mass is 32.1. The molecule has 0 aliphatic heterocycles. The minimum atomic E-state index is -0.545. The number of thiocarbonyl (C=S) groups is 1. The fraction of sp³-hybridized carbons (Fsp3) is 0.188. The minimum Gasteiger partial charge on any atom is -0.493 e. The van der Waals surface area contributed by atoms with E-state index in [1.54, 1.807) is 0 Å². The zero-order chi connectivity index (χ0) is 18.4. The number of ether oxygens (including phenoxy) is 3. The lowest BCUT2D eigenvalue weighted by molar-refractivity contribution is -0.385. The van der Waals surface area contributed by atoms with Crippen molar-refractivity contribution in [2.45, 2.75) is 6.61 Å². The molecule has 7 nitrogen and oxygen atoms in total. The SMILES string of the molecule is COc1cc(COC(=S)Nc2ccc(F)cc2)c([N+](=O)[O-])cc1OC. The molecule has 1 N–H and O–H groups in total. The molecule has 132 valence electrons. The summed E-state index contributed by atoms with van der Waals surface area (Å²) in [4.78, 5) is 10.7. The average molecular weight is 366 g/mol. The van der Waals surface area contributed by atoms with E-state index < -0.39 is 4.92 Å². The Bertz CT molecular complexity index is 783. The highest BCUT2D eigenvalue weighted by molar-refractivity contribution is 7.80. The van der Waals surface area contributed by atoms with E-state index in [2.05, 4.69) is 5.32 Å². The van der Waals surface area contributed by atoms with Crippen LogP contribution in [-0.2, 0) is 11.3 Å². The number of hydrogen-bond acceptors (Lipinski definition) is 6. The van der Waals surface area contributed by atoms with Gasteiger partial charge in [-0.2, -0.15) is 0 Å². The zero-order valence-electron chi connectivity index (χ0n) is 13.4. The van der Waals surface area contributed by atoms with Crippen LogP contribution in [0.1, 0.15) is 5.56 Å².